The summed E-state index contributed by atoms with van der Waals surface area (Å²) in [6.07, 6.45) is 0. The van der Waals surface area contributed by atoms with Crippen LogP contribution in [0.2, 0.25) is 0 Å². The summed E-state index contributed by atoms with van der Waals surface area (Å²) in [7, 11) is 1.80. The second kappa shape index (κ2) is 1.88. The van der Waals surface area contributed by atoms with E-state index >= 15 is 0 Å². The quantitative estimate of drug-likeness (QED) is 0.448. The summed E-state index contributed by atoms with van der Waals surface area (Å²) in [5, 5.41) is 0. The zero-order valence-corrected chi connectivity index (χ0v) is 5.00. The van der Waals surface area contributed by atoms with Crippen LogP contribution in [0, 0.1) is 0 Å². The van der Waals surface area contributed by atoms with Crippen LogP contribution in [0.4, 0.5) is 0 Å². The average molecular weight is 117 g/mol. The van der Waals surface area contributed by atoms with Gasteiger partial charge in [0.05, 0.1) is 6.61 Å². The Kier molecular flexibility index (Phi) is 1.06. The van der Waals surface area contributed by atoms with E-state index in [9.17, 15) is 0 Å². The molecule has 2 heteroatoms. The Morgan fingerprint density at radius 3 is 3.11 bits per heavy atom. The molecule has 1 aliphatic heterocycles. The minimum Gasteiger partial charge on any atom is -0.430 e. The lowest BCUT2D eigenvalue weighted by molar-refractivity contribution is 0.345. The van der Waals surface area contributed by atoms with Crippen LogP contribution in [0.5, 0.6) is 0 Å². The van der Waals surface area contributed by atoms with E-state index in [0.29, 0.717) is 0 Å². The normalized spacial score (nSPS) is 14.7. The van der Waals surface area contributed by atoms with Gasteiger partial charge in [-0.05, 0) is 11.0 Å². The van der Waals surface area contributed by atoms with Gasteiger partial charge in [0.15, 0.2) is 0 Å². The zero-order chi connectivity index (χ0) is 6.10. The lowest BCUT2D eigenvalue weighted by Gasteiger charge is -1.90. The third kappa shape index (κ3) is 0.755. The van der Waals surface area contributed by atoms with Crippen molar-refractivity contribution in [2.75, 3.05) is 0 Å². The molecule has 0 fully saturated rings. The van der Waals surface area contributed by atoms with Crippen LogP contribution < -0.4 is 5.46 Å². The van der Waals surface area contributed by atoms with E-state index in [1.54, 1.807) is 7.48 Å². The first-order valence-electron chi connectivity index (χ1n) is 2.99. The molecule has 0 spiro atoms. The van der Waals surface area contributed by atoms with Gasteiger partial charge in [-0.3, -0.25) is 0 Å². The second-order valence-corrected chi connectivity index (χ2v) is 2.13. The van der Waals surface area contributed by atoms with Crippen LogP contribution in [0.1, 0.15) is 5.56 Å². The lowest BCUT2D eigenvalue weighted by Crippen LogP contribution is -2.09. The Labute approximate surface area is 54.9 Å². The van der Waals surface area contributed by atoms with Crippen molar-refractivity contribution < 1.29 is 4.65 Å². The van der Waals surface area contributed by atoms with Crippen LogP contribution in [0.25, 0.3) is 0 Å². The van der Waals surface area contributed by atoms with Gasteiger partial charge in [-0.2, -0.15) is 0 Å². The Morgan fingerprint density at radius 2 is 2.22 bits per heavy atom. The lowest BCUT2D eigenvalue weighted by atomic mass is 9.88. The molecule has 1 aliphatic rings. The van der Waals surface area contributed by atoms with Gasteiger partial charge in [-0.1, -0.05) is 24.3 Å². The van der Waals surface area contributed by atoms with E-state index in [-0.39, 0.29) is 0 Å². The monoisotopic (exact) mass is 117 g/mol. The predicted octanol–water partition coefficient (Wildman–Crippen LogP) is 0.461. The minimum absolute atomic E-state index is 0.746. The summed E-state index contributed by atoms with van der Waals surface area (Å²) in [5.41, 5.74) is 2.51. The molecular formula is C7H6BO. The summed E-state index contributed by atoms with van der Waals surface area (Å²) in [6, 6.07) is 8.19. The van der Waals surface area contributed by atoms with Crippen LogP contribution in [0.3, 0.4) is 0 Å². The highest BCUT2D eigenvalue weighted by molar-refractivity contribution is 6.48. The summed E-state index contributed by atoms with van der Waals surface area (Å²) < 4.78 is 5.09. The van der Waals surface area contributed by atoms with Crippen molar-refractivity contribution in [2.24, 2.45) is 0 Å². The molecule has 2 rings (SSSR count). The molecule has 1 heterocycles. The van der Waals surface area contributed by atoms with Crippen LogP contribution in [-0.2, 0) is 11.3 Å². The highest BCUT2D eigenvalue weighted by Crippen LogP contribution is 2.02. The highest BCUT2D eigenvalue weighted by atomic mass is 16.4. The average Bonchev–Trinajstić information content (AvgIpc) is 2.33. The summed E-state index contributed by atoms with van der Waals surface area (Å²) in [5.74, 6) is 0. The van der Waals surface area contributed by atoms with Crippen molar-refractivity contribution in [3.05, 3.63) is 29.8 Å². The SMILES string of the molecule is [B]1OCc2ccccc21. The first-order valence-corrected chi connectivity index (χ1v) is 2.99. The molecule has 1 aromatic carbocycles. The maximum absolute atomic E-state index is 5.09. The molecule has 0 N–H and O–H groups in total. The minimum atomic E-state index is 0.746. The molecule has 0 bridgehead atoms. The van der Waals surface area contributed by atoms with Crippen molar-refractivity contribution in [1.29, 1.82) is 0 Å². The molecule has 9 heavy (non-hydrogen) atoms. The van der Waals surface area contributed by atoms with Gasteiger partial charge in [0.25, 0.3) is 0 Å². The molecule has 0 saturated heterocycles. The van der Waals surface area contributed by atoms with Gasteiger partial charge < -0.3 is 4.65 Å². The Bertz CT molecular complexity index is 199. The molecule has 43 valence electrons. The maximum atomic E-state index is 5.09. The van der Waals surface area contributed by atoms with Crippen molar-refractivity contribution >= 4 is 12.9 Å². The molecular weight excluding hydrogens is 111 g/mol. The number of rotatable bonds is 0. The topological polar surface area (TPSA) is 9.23 Å². The molecule has 0 saturated carbocycles. The van der Waals surface area contributed by atoms with E-state index in [4.69, 9.17) is 4.65 Å². The molecule has 0 unspecified atom stereocenters. The van der Waals surface area contributed by atoms with Gasteiger partial charge in [0.1, 0.15) is 0 Å². The Morgan fingerprint density at radius 1 is 1.33 bits per heavy atom. The van der Waals surface area contributed by atoms with E-state index in [1.165, 1.54) is 11.0 Å². The third-order valence-electron chi connectivity index (χ3n) is 1.50. The molecule has 1 radical (unpaired) electrons. The number of hydrogen-bond donors (Lipinski definition) is 0. The fourth-order valence-electron chi connectivity index (χ4n) is 1.00. The summed E-state index contributed by atoms with van der Waals surface area (Å²) in [6.45, 7) is 0.746. The molecule has 0 atom stereocenters. The van der Waals surface area contributed by atoms with Crippen LogP contribution in [0.15, 0.2) is 24.3 Å². The molecule has 0 aliphatic carbocycles. The fraction of sp³-hybridized carbons (Fsp3) is 0.143. The Hall–Kier alpha value is -0.755. The van der Waals surface area contributed by atoms with Crippen LogP contribution >= 0.6 is 0 Å². The zero-order valence-electron chi connectivity index (χ0n) is 5.00. The van der Waals surface area contributed by atoms with Gasteiger partial charge in [-0.25, -0.2) is 0 Å². The molecule has 0 amide bonds. The van der Waals surface area contributed by atoms with Gasteiger partial charge >= 0.3 is 7.48 Å². The molecule has 1 aromatic rings. The first-order chi connectivity index (χ1) is 4.47. The Balaban J connectivity index is 2.54. The second-order valence-electron chi connectivity index (χ2n) is 2.13. The molecule has 1 nitrogen and oxygen atoms in total. The van der Waals surface area contributed by atoms with Crippen molar-refractivity contribution in [2.45, 2.75) is 6.61 Å². The van der Waals surface area contributed by atoms with Gasteiger partial charge in [0, 0.05) is 0 Å². The number of benzene rings is 1. The molecule has 0 aromatic heterocycles. The smallest absolute Gasteiger partial charge is 0.330 e. The van der Waals surface area contributed by atoms with E-state index in [2.05, 4.69) is 12.1 Å². The van der Waals surface area contributed by atoms with Crippen molar-refractivity contribution in [1.82, 2.24) is 0 Å². The standard InChI is InChI=1S/C7H6BO/c1-2-4-7-6(3-1)5-9-8-7/h1-4H,5H2. The predicted molar refractivity (Wildman–Crippen MR) is 36.6 cm³/mol. The van der Waals surface area contributed by atoms with Gasteiger partial charge in [-0.15, -0.1) is 0 Å². The van der Waals surface area contributed by atoms with Gasteiger partial charge in [0.2, 0.25) is 0 Å². The highest BCUT2D eigenvalue weighted by Gasteiger charge is 2.10. The van der Waals surface area contributed by atoms with Crippen molar-refractivity contribution in [3.63, 3.8) is 0 Å². The maximum Gasteiger partial charge on any atom is 0.330 e. The summed E-state index contributed by atoms with van der Waals surface area (Å²) in [4.78, 5) is 0. The first kappa shape index (κ1) is 5.06. The third-order valence-corrected chi connectivity index (χ3v) is 1.50. The number of fused-ring (bicyclic) bond motifs is 1. The van der Waals surface area contributed by atoms with Crippen LogP contribution in [-0.4, -0.2) is 7.48 Å². The fourth-order valence-corrected chi connectivity index (χ4v) is 1.00. The van der Waals surface area contributed by atoms with E-state index < -0.39 is 0 Å². The largest absolute Gasteiger partial charge is 0.430 e. The number of hydrogen-bond acceptors (Lipinski definition) is 1. The summed E-state index contributed by atoms with van der Waals surface area (Å²) >= 11 is 0. The van der Waals surface area contributed by atoms with Crippen molar-refractivity contribution in [3.8, 4) is 0 Å². The van der Waals surface area contributed by atoms with E-state index in [0.717, 1.165) is 6.61 Å². The van der Waals surface area contributed by atoms with E-state index in [1.807, 2.05) is 12.1 Å².